The van der Waals surface area contributed by atoms with Crippen molar-refractivity contribution in [2.75, 3.05) is 6.54 Å². The van der Waals surface area contributed by atoms with Crippen molar-refractivity contribution in [3.05, 3.63) is 0 Å². The molecule has 84 valence electrons. The zero-order valence-electron chi connectivity index (χ0n) is 9.89. The maximum Gasteiger partial charge on any atom is 0.384 e. The van der Waals surface area contributed by atoms with Crippen molar-refractivity contribution < 1.29 is 9.53 Å². The second kappa shape index (κ2) is 4.67. The van der Waals surface area contributed by atoms with E-state index in [1.54, 1.807) is 0 Å². The van der Waals surface area contributed by atoms with Gasteiger partial charge in [0, 0.05) is 17.9 Å². The molecule has 1 heterocycles. The summed E-state index contributed by atoms with van der Waals surface area (Å²) < 4.78 is 5.10. The zero-order valence-corrected chi connectivity index (χ0v) is 9.89. The lowest BCUT2D eigenvalue weighted by Gasteiger charge is -2.17. The molecule has 0 spiro atoms. The standard InChI is InChI=1S/C12H19NO2/c1-9-10(7-8-13-9)5-6-11(14)15-12(2,3)4/h9-10,13H,7-8H2,1-4H3. The Morgan fingerprint density at radius 2 is 2.13 bits per heavy atom. The van der Waals surface area contributed by atoms with Crippen LogP contribution >= 0.6 is 0 Å². The van der Waals surface area contributed by atoms with Crippen LogP contribution in [0.4, 0.5) is 0 Å². The van der Waals surface area contributed by atoms with Crippen molar-refractivity contribution in [1.29, 1.82) is 0 Å². The molecule has 1 aliphatic heterocycles. The fraction of sp³-hybridized carbons (Fsp3) is 0.750. The smallest absolute Gasteiger partial charge is 0.384 e. The molecule has 2 atom stereocenters. The maximum absolute atomic E-state index is 11.3. The molecular formula is C12H19NO2. The summed E-state index contributed by atoms with van der Waals surface area (Å²) in [6, 6.07) is 0.375. The summed E-state index contributed by atoms with van der Waals surface area (Å²) in [6.07, 6.45) is 1.01. The summed E-state index contributed by atoms with van der Waals surface area (Å²) in [6.45, 7) is 8.58. The van der Waals surface area contributed by atoms with E-state index in [9.17, 15) is 4.79 Å². The first kappa shape index (κ1) is 12.1. The maximum atomic E-state index is 11.3. The summed E-state index contributed by atoms with van der Waals surface area (Å²) in [7, 11) is 0. The summed E-state index contributed by atoms with van der Waals surface area (Å²) in [5.41, 5.74) is -0.453. The molecule has 0 saturated carbocycles. The number of hydrogen-bond donors (Lipinski definition) is 1. The van der Waals surface area contributed by atoms with Crippen LogP contribution in [-0.2, 0) is 9.53 Å². The zero-order chi connectivity index (χ0) is 11.5. The number of rotatable bonds is 0. The van der Waals surface area contributed by atoms with Crippen molar-refractivity contribution in [2.45, 2.75) is 45.8 Å². The van der Waals surface area contributed by atoms with E-state index in [2.05, 4.69) is 24.1 Å². The highest BCUT2D eigenvalue weighted by molar-refractivity contribution is 5.88. The Morgan fingerprint density at radius 1 is 1.47 bits per heavy atom. The van der Waals surface area contributed by atoms with E-state index < -0.39 is 11.6 Å². The minimum absolute atomic E-state index is 0.275. The molecule has 1 fully saturated rings. The lowest BCUT2D eigenvalue weighted by molar-refractivity contribution is -0.147. The Hall–Kier alpha value is -1.01. The predicted octanol–water partition coefficient (Wildman–Crippen LogP) is 1.33. The van der Waals surface area contributed by atoms with E-state index in [1.165, 1.54) is 0 Å². The number of ether oxygens (including phenoxy) is 1. The van der Waals surface area contributed by atoms with Gasteiger partial charge in [-0.3, -0.25) is 0 Å². The highest BCUT2D eigenvalue weighted by Gasteiger charge is 2.21. The number of nitrogens with one attached hydrogen (secondary N) is 1. The highest BCUT2D eigenvalue weighted by Crippen LogP contribution is 2.13. The van der Waals surface area contributed by atoms with Gasteiger partial charge in [-0.15, -0.1) is 0 Å². The van der Waals surface area contributed by atoms with Gasteiger partial charge in [0.05, 0.1) is 0 Å². The quantitative estimate of drug-likeness (QED) is 0.371. The molecule has 1 N–H and O–H groups in total. The van der Waals surface area contributed by atoms with Crippen molar-refractivity contribution in [3.63, 3.8) is 0 Å². The first-order chi connectivity index (χ1) is 6.88. The molecule has 0 aromatic heterocycles. The molecule has 0 radical (unpaired) electrons. The van der Waals surface area contributed by atoms with Crippen LogP contribution in [0.2, 0.25) is 0 Å². The van der Waals surface area contributed by atoms with Gasteiger partial charge >= 0.3 is 5.97 Å². The van der Waals surface area contributed by atoms with Gasteiger partial charge in [-0.2, -0.15) is 0 Å². The Labute approximate surface area is 91.6 Å². The number of hydrogen-bond acceptors (Lipinski definition) is 3. The van der Waals surface area contributed by atoms with E-state index in [1.807, 2.05) is 20.8 Å². The van der Waals surface area contributed by atoms with Crippen molar-refractivity contribution >= 4 is 5.97 Å². The molecule has 3 heteroatoms. The number of carbonyl (C=O) groups excluding carboxylic acids is 1. The number of esters is 1. The Balaban J connectivity index is 2.47. The van der Waals surface area contributed by atoms with Crippen LogP contribution in [0.1, 0.15) is 34.1 Å². The van der Waals surface area contributed by atoms with Crippen molar-refractivity contribution in [2.24, 2.45) is 5.92 Å². The topological polar surface area (TPSA) is 38.3 Å². The van der Waals surface area contributed by atoms with Crippen LogP contribution in [0, 0.1) is 17.8 Å². The summed E-state index contributed by atoms with van der Waals surface area (Å²) in [4.78, 5) is 11.3. The Kier molecular flexibility index (Phi) is 3.76. The highest BCUT2D eigenvalue weighted by atomic mass is 16.6. The molecule has 1 rings (SSSR count). The van der Waals surface area contributed by atoms with Crippen LogP contribution in [0.3, 0.4) is 0 Å². The third-order valence-corrected chi connectivity index (χ3v) is 2.28. The van der Waals surface area contributed by atoms with Gasteiger partial charge < -0.3 is 10.1 Å². The van der Waals surface area contributed by atoms with Gasteiger partial charge in [0.2, 0.25) is 0 Å². The molecule has 0 amide bonds. The molecule has 0 aliphatic carbocycles. The second-order valence-corrected chi connectivity index (χ2v) is 4.91. The fourth-order valence-corrected chi connectivity index (χ4v) is 1.51. The van der Waals surface area contributed by atoms with Gasteiger partial charge in [-0.1, -0.05) is 5.92 Å². The van der Waals surface area contributed by atoms with Gasteiger partial charge in [0.1, 0.15) is 5.60 Å². The van der Waals surface area contributed by atoms with Crippen LogP contribution in [0.5, 0.6) is 0 Å². The molecule has 3 nitrogen and oxygen atoms in total. The fourth-order valence-electron chi connectivity index (χ4n) is 1.51. The SMILES string of the molecule is CC1NCCC1C#CC(=O)OC(C)(C)C. The molecule has 2 unspecified atom stereocenters. The van der Waals surface area contributed by atoms with Gasteiger partial charge in [0.15, 0.2) is 0 Å². The molecular weight excluding hydrogens is 190 g/mol. The van der Waals surface area contributed by atoms with Crippen LogP contribution < -0.4 is 5.32 Å². The minimum atomic E-state index is -0.453. The lowest BCUT2D eigenvalue weighted by atomic mass is 10.0. The van der Waals surface area contributed by atoms with E-state index >= 15 is 0 Å². The third-order valence-electron chi connectivity index (χ3n) is 2.28. The van der Waals surface area contributed by atoms with Crippen molar-refractivity contribution in [1.82, 2.24) is 5.32 Å². The Morgan fingerprint density at radius 3 is 2.60 bits per heavy atom. The lowest BCUT2D eigenvalue weighted by Crippen LogP contribution is -2.24. The van der Waals surface area contributed by atoms with Crippen LogP contribution in [0.25, 0.3) is 0 Å². The average Bonchev–Trinajstić information content (AvgIpc) is 2.44. The van der Waals surface area contributed by atoms with Gasteiger partial charge in [-0.25, -0.2) is 4.79 Å². The van der Waals surface area contributed by atoms with E-state index in [0.717, 1.165) is 13.0 Å². The monoisotopic (exact) mass is 209 g/mol. The predicted molar refractivity (Wildman–Crippen MR) is 59.2 cm³/mol. The van der Waals surface area contributed by atoms with E-state index in [0.29, 0.717) is 6.04 Å². The summed E-state index contributed by atoms with van der Waals surface area (Å²) in [5, 5.41) is 3.29. The summed E-state index contributed by atoms with van der Waals surface area (Å²) >= 11 is 0. The molecule has 0 aromatic carbocycles. The molecule has 1 saturated heterocycles. The molecule has 0 bridgehead atoms. The van der Waals surface area contributed by atoms with Crippen molar-refractivity contribution in [3.8, 4) is 11.8 Å². The third kappa shape index (κ3) is 4.35. The minimum Gasteiger partial charge on any atom is -0.450 e. The molecule has 1 aliphatic rings. The molecule has 15 heavy (non-hydrogen) atoms. The average molecular weight is 209 g/mol. The molecule has 0 aromatic rings. The largest absolute Gasteiger partial charge is 0.450 e. The normalized spacial score (nSPS) is 25.6. The van der Waals surface area contributed by atoms with Gasteiger partial charge in [-0.05, 0) is 40.7 Å². The van der Waals surface area contributed by atoms with Crippen LogP contribution in [-0.4, -0.2) is 24.2 Å². The van der Waals surface area contributed by atoms with Crippen LogP contribution in [0.15, 0.2) is 0 Å². The van der Waals surface area contributed by atoms with E-state index in [4.69, 9.17) is 4.74 Å². The Bertz CT molecular complexity index is 293. The second-order valence-electron chi connectivity index (χ2n) is 4.91. The number of carbonyl (C=O) groups is 1. The first-order valence-corrected chi connectivity index (χ1v) is 5.36. The van der Waals surface area contributed by atoms with Gasteiger partial charge in [0.25, 0.3) is 0 Å². The van der Waals surface area contributed by atoms with E-state index in [-0.39, 0.29) is 5.92 Å². The first-order valence-electron chi connectivity index (χ1n) is 5.36. The summed E-state index contributed by atoms with van der Waals surface area (Å²) in [5.74, 6) is 5.37.